The summed E-state index contributed by atoms with van der Waals surface area (Å²) in [7, 11) is 0.489. The van der Waals surface area contributed by atoms with Crippen LogP contribution in [-0.2, 0) is 4.79 Å². The number of phenols is 2. The molecule has 1 aromatic rings. The summed E-state index contributed by atoms with van der Waals surface area (Å²) in [6, 6.07) is 4.40. The van der Waals surface area contributed by atoms with Crippen LogP contribution < -0.4 is 0 Å². The van der Waals surface area contributed by atoms with E-state index < -0.39 is 0 Å². The maximum Gasteiger partial charge on any atom is 0.157 e. The molecule has 0 saturated heterocycles. The van der Waals surface area contributed by atoms with Crippen molar-refractivity contribution in [2.45, 2.75) is 0 Å². The van der Waals surface area contributed by atoms with Crippen LogP contribution in [0.3, 0.4) is 0 Å². The fourth-order valence-corrected chi connectivity index (χ4v) is 1.02. The maximum atomic E-state index is 10.6. The molecule has 1 aromatic carbocycles. The van der Waals surface area contributed by atoms with Crippen LogP contribution in [0.1, 0.15) is 5.56 Å². The Morgan fingerprint density at radius 1 is 1.31 bits per heavy atom. The lowest BCUT2D eigenvalue weighted by Crippen LogP contribution is -1.87. The zero-order chi connectivity index (χ0) is 9.84. The van der Waals surface area contributed by atoms with Crippen molar-refractivity contribution in [2.75, 3.05) is 0 Å². The van der Waals surface area contributed by atoms with Crippen LogP contribution >= 0.6 is 0 Å². The van der Waals surface area contributed by atoms with Crippen molar-refractivity contribution in [3.63, 3.8) is 0 Å². The van der Waals surface area contributed by atoms with Crippen molar-refractivity contribution < 1.29 is 15.0 Å². The molecule has 4 heteroatoms. The average Bonchev–Trinajstić information content (AvgIpc) is 2.07. The molecule has 0 bridgehead atoms. The first-order valence-corrected chi connectivity index (χ1v) is 4.80. The van der Waals surface area contributed by atoms with E-state index in [1.807, 2.05) is 0 Å². The first kappa shape index (κ1) is 9.53. The van der Waals surface area contributed by atoms with E-state index in [2.05, 4.69) is 0 Å². The average molecular weight is 194 g/mol. The fraction of sp³-hybridized carbons (Fsp3) is 0. The normalized spacial score (nSPS) is 10.8. The van der Waals surface area contributed by atoms with Gasteiger partial charge in [-0.05, 0) is 23.8 Å². The highest BCUT2D eigenvalue weighted by molar-refractivity contribution is 6.61. The first-order chi connectivity index (χ1) is 6.09. The molecule has 0 radical (unpaired) electrons. The Bertz CT molecular complexity index is 358. The molecule has 0 unspecified atom stereocenters. The molecule has 1 rings (SSSR count). The smallest absolute Gasteiger partial charge is 0.157 e. The number of carbonyl (C=O) groups excluding carboxylic acids is 1. The summed E-state index contributed by atoms with van der Waals surface area (Å²) in [5.41, 5.74) is 0.694. The lowest BCUT2D eigenvalue weighted by Gasteiger charge is -1.97. The van der Waals surface area contributed by atoms with Crippen LogP contribution in [0.15, 0.2) is 24.3 Å². The SMILES string of the molecule is O=C([SiH3])C=Cc1ccc(O)c(O)c1. The summed E-state index contributed by atoms with van der Waals surface area (Å²) in [5, 5.41) is 18.2. The molecule has 0 amide bonds. The van der Waals surface area contributed by atoms with Gasteiger partial charge in [0.1, 0.15) is 5.41 Å². The Kier molecular flexibility index (Phi) is 2.87. The van der Waals surface area contributed by atoms with Gasteiger partial charge >= 0.3 is 0 Å². The molecule has 0 aliphatic heterocycles. The molecule has 0 aromatic heterocycles. The van der Waals surface area contributed by atoms with E-state index >= 15 is 0 Å². The van der Waals surface area contributed by atoms with Gasteiger partial charge in [0.15, 0.2) is 11.5 Å². The molecule has 0 aliphatic rings. The minimum absolute atomic E-state index is 0.0764. The van der Waals surface area contributed by atoms with Crippen molar-refractivity contribution in [1.29, 1.82) is 0 Å². The number of phenolic OH excluding ortho intramolecular Hbond substituents is 2. The summed E-state index contributed by atoms with van der Waals surface area (Å²) in [6.07, 6.45) is 3.06. The highest BCUT2D eigenvalue weighted by Crippen LogP contribution is 2.25. The summed E-state index contributed by atoms with van der Waals surface area (Å²) in [4.78, 5) is 10.6. The standard InChI is InChI=1S/C9H10O3Si/c10-7-3-1-6(5-8(7)11)2-4-9(12)13/h1-5,10-11H,13H3. The van der Waals surface area contributed by atoms with Gasteiger partial charge in [0.25, 0.3) is 0 Å². The van der Waals surface area contributed by atoms with Gasteiger partial charge in [-0.2, -0.15) is 0 Å². The molecule has 13 heavy (non-hydrogen) atoms. The van der Waals surface area contributed by atoms with Crippen LogP contribution in [0.5, 0.6) is 11.5 Å². The van der Waals surface area contributed by atoms with Gasteiger partial charge in [-0.1, -0.05) is 12.1 Å². The molecule has 2 N–H and O–H groups in total. The molecule has 0 heterocycles. The summed E-state index contributed by atoms with van der Waals surface area (Å²) >= 11 is 0. The van der Waals surface area contributed by atoms with Gasteiger partial charge in [0, 0.05) is 0 Å². The quantitative estimate of drug-likeness (QED) is 0.396. The maximum absolute atomic E-state index is 10.6. The van der Waals surface area contributed by atoms with Crippen molar-refractivity contribution in [3.05, 3.63) is 29.8 Å². The van der Waals surface area contributed by atoms with Crippen LogP contribution in [0, 0.1) is 0 Å². The zero-order valence-corrected chi connectivity index (χ0v) is 9.19. The number of allylic oxidation sites excluding steroid dienone is 1. The number of hydrogen-bond acceptors (Lipinski definition) is 3. The Morgan fingerprint density at radius 2 is 2.00 bits per heavy atom. The number of benzene rings is 1. The van der Waals surface area contributed by atoms with Gasteiger partial charge in [-0.3, -0.25) is 0 Å². The lowest BCUT2D eigenvalue weighted by atomic mass is 10.2. The highest BCUT2D eigenvalue weighted by Gasteiger charge is 1.97. The van der Waals surface area contributed by atoms with Crippen molar-refractivity contribution in [1.82, 2.24) is 0 Å². The van der Waals surface area contributed by atoms with Crippen molar-refractivity contribution >= 4 is 21.7 Å². The third-order valence-corrected chi connectivity index (χ3v) is 1.84. The van der Waals surface area contributed by atoms with Gasteiger partial charge in [-0.25, -0.2) is 0 Å². The van der Waals surface area contributed by atoms with Gasteiger partial charge in [0.2, 0.25) is 0 Å². The third kappa shape index (κ3) is 2.76. The minimum Gasteiger partial charge on any atom is -0.504 e. The molecular formula is C9H10O3Si. The van der Waals surface area contributed by atoms with Crippen molar-refractivity contribution in [3.8, 4) is 11.5 Å². The Labute approximate surface area is 78.8 Å². The Hall–Kier alpha value is -1.55. The molecule has 0 spiro atoms. The number of aromatic hydroxyl groups is 2. The first-order valence-electron chi connectivity index (χ1n) is 3.80. The largest absolute Gasteiger partial charge is 0.504 e. The highest BCUT2D eigenvalue weighted by atomic mass is 28.1. The second-order valence-electron chi connectivity index (χ2n) is 2.69. The number of carbonyl (C=O) groups is 1. The zero-order valence-electron chi connectivity index (χ0n) is 7.19. The van der Waals surface area contributed by atoms with Crippen LogP contribution in [-0.4, -0.2) is 25.9 Å². The predicted molar refractivity (Wildman–Crippen MR) is 53.8 cm³/mol. The molecule has 0 saturated carbocycles. The summed E-state index contributed by atoms with van der Waals surface area (Å²) in [5.74, 6) is -0.336. The van der Waals surface area contributed by atoms with E-state index in [1.54, 1.807) is 12.1 Å². The van der Waals surface area contributed by atoms with E-state index in [1.165, 1.54) is 18.2 Å². The van der Waals surface area contributed by atoms with Gasteiger partial charge in [-0.15, -0.1) is 0 Å². The Morgan fingerprint density at radius 3 is 2.54 bits per heavy atom. The van der Waals surface area contributed by atoms with E-state index in [9.17, 15) is 4.79 Å². The number of hydrogen-bond donors (Lipinski definition) is 2. The molecule has 3 nitrogen and oxygen atoms in total. The van der Waals surface area contributed by atoms with Gasteiger partial charge < -0.3 is 15.0 Å². The van der Waals surface area contributed by atoms with Gasteiger partial charge in [0.05, 0.1) is 10.2 Å². The van der Waals surface area contributed by atoms with Crippen LogP contribution in [0.25, 0.3) is 6.08 Å². The second-order valence-corrected chi connectivity index (χ2v) is 3.68. The molecule has 0 fully saturated rings. The van der Waals surface area contributed by atoms with E-state index in [0.717, 1.165) is 0 Å². The fourth-order valence-electron chi connectivity index (χ4n) is 0.858. The van der Waals surface area contributed by atoms with Crippen molar-refractivity contribution in [2.24, 2.45) is 0 Å². The topological polar surface area (TPSA) is 57.5 Å². The van der Waals surface area contributed by atoms with E-state index in [-0.39, 0.29) is 16.9 Å². The summed E-state index contributed by atoms with van der Waals surface area (Å²) in [6.45, 7) is 0. The molecule has 68 valence electrons. The van der Waals surface area contributed by atoms with E-state index in [4.69, 9.17) is 10.2 Å². The minimum atomic E-state index is -0.178. The van der Waals surface area contributed by atoms with E-state index in [0.29, 0.717) is 15.8 Å². The predicted octanol–water partition coefficient (Wildman–Crippen LogP) is 0.00300. The van der Waals surface area contributed by atoms with Crippen LogP contribution in [0.2, 0.25) is 0 Å². The monoisotopic (exact) mass is 194 g/mol. The van der Waals surface area contributed by atoms with Crippen LogP contribution in [0.4, 0.5) is 0 Å². The molecule has 0 aliphatic carbocycles. The Balaban J connectivity index is 2.92. The second kappa shape index (κ2) is 3.91. The third-order valence-electron chi connectivity index (χ3n) is 1.51. The lowest BCUT2D eigenvalue weighted by molar-refractivity contribution is -0.107. The number of rotatable bonds is 2. The summed E-state index contributed by atoms with van der Waals surface area (Å²) < 4.78 is 0. The molecular weight excluding hydrogens is 184 g/mol. The molecule has 0 atom stereocenters.